The number of nitrogens with zero attached hydrogens (tertiary/aromatic N) is 5. The summed E-state index contributed by atoms with van der Waals surface area (Å²) in [6.07, 6.45) is 1.88. The predicted octanol–water partition coefficient (Wildman–Crippen LogP) is 2.36. The summed E-state index contributed by atoms with van der Waals surface area (Å²) >= 11 is 0. The van der Waals surface area contributed by atoms with E-state index >= 15 is 0 Å². The molecular weight excluding hydrogens is 266 g/mol. The van der Waals surface area contributed by atoms with Gasteiger partial charge in [-0.15, -0.1) is 5.10 Å². The summed E-state index contributed by atoms with van der Waals surface area (Å²) in [5.41, 5.74) is 3.14. The molecule has 0 aliphatic carbocycles. The van der Waals surface area contributed by atoms with Gasteiger partial charge in [-0.05, 0) is 0 Å². The molecule has 0 amide bonds. The van der Waals surface area contributed by atoms with Gasteiger partial charge in [0.25, 0.3) is 0 Å². The molecule has 6 nitrogen and oxygen atoms in total. The number of benzene rings is 1. The third-order valence-electron chi connectivity index (χ3n) is 3.47. The smallest absolute Gasteiger partial charge is 0.318 e. The van der Waals surface area contributed by atoms with Gasteiger partial charge in [-0.2, -0.15) is 0 Å². The van der Waals surface area contributed by atoms with Gasteiger partial charge in [-0.1, -0.05) is 35.4 Å². The van der Waals surface area contributed by atoms with Gasteiger partial charge in [-0.25, -0.2) is 9.97 Å². The second kappa shape index (κ2) is 4.66. The SMILES string of the molecule is Cc1nnc(N2Cc3cnc(-c4ccccc4)nc3C2)o1. The van der Waals surface area contributed by atoms with Crippen LogP contribution in [0.3, 0.4) is 0 Å². The lowest BCUT2D eigenvalue weighted by Gasteiger charge is -2.09. The van der Waals surface area contributed by atoms with Crippen LogP contribution in [-0.4, -0.2) is 20.2 Å². The Morgan fingerprint density at radius 3 is 2.71 bits per heavy atom. The van der Waals surface area contributed by atoms with Crippen molar-refractivity contribution in [2.24, 2.45) is 0 Å². The monoisotopic (exact) mass is 279 g/mol. The van der Waals surface area contributed by atoms with E-state index in [0.29, 0.717) is 25.0 Å². The minimum atomic E-state index is 0.534. The molecule has 0 radical (unpaired) electrons. The maximum absolute atomic E-state index is 5.47. The number of aromatic nitrogens is 4. The van der Waals surface area contributed by atoms with Crippen molar-refractivity contribution in [3.05, 3.63) is 53.7 Å². The third kappa shape index (κ3) is 2.14. The predicted molar refractivity (Wildman–Crippen MR) is 76.4 cm³/mol. The fraction of sp³-hybridized carbons (Fsp3) is 0.200. The maximum Gasteiger partial charge on any atom is 0.318 e. The van der Waals surface area contributed by atoms with E-state index < -0.39 is 0 Å². The molecule has 1 aromatic carbocycles. The van der Waals surface area contributed by atoms with Crippen molar-refractivity contribution in [1.29, 1.82) is 0 Å². The number of fused-ring (bicyclic) bond motifs is 1. The summed E-state index contributed by atoms with van der Waals surface area (Å²) in [7, 11) is 0. The van der Waals surface area contributed by atoms with Gasteiger partial charge >= 0.3 is 6.01 Å². The molecule has 0 N–H and O–H groups in total. The van der Waals surface area contributed by atoms with Gasteiger partial charge in [0, 0.05) is 24.2 Å². The highest BCUT2D eigenvalue weighted by Crippen LogP contribution is 2.27. The van der Waals surface area contributed by atoms with Crippen LogP contribution in [0.15, 0.2) is 40.9 Å². The first-order valence-corrected chi connectivity index (χ1v) is 6.75. The van der Waals surface area contributed by atoms with E-state index in [4.69, 9.17) is 4.42 Å². The van der Waals surface area contributed by atoms with Gasteiger partial charge < -0.3 is 9.32 Å². The van der Waals surface area contributed by atoms with Crippen LogP contribution in [0.1, 0.15) is 17.1 Å². The summed E-state index contributed by atoms with van der Waals surface area (Å²) in [4.78, 5) is 11.1. The molecule has 0 saturated heterocycles. The summed E-state index contributed by atoms with van der Waals surface area (Å²) in [6.45, 7) is 3.15. The number of hydrogen-bond acceptors (Lipinski definition) is 6. The lowest BCUT2D eigenvalue weighted by atomic mass is 10.2. The van der Waals surface area contributed by atoms with Crippen molar-refractivity contribution >= 4 is 6.01 Å². The molecule has 2 aromatic heterocycles. The minimum absolute atomic E-state index is 0.534. The summed E-state index contributed by atoms with van der Waals surface area (Å²) in [5.74, 6) is 1.31. The molecule has 3 aromatic rings. The van der Waals surface area contributed by atoms with Crippen molar-refractivity contribution in [3.8, 4) is 11.4 Å². The first-order chi connectivity index (χ1) is 10.3. The largest absolute Gasteiger partial charge is 0.408 e. The third-order valence-corrected chi connectivity index (χ3v) is 3.47. The Bertz CT molecular complexity index is 784. The molecule has 0 unspecified atom stereocenters. The Morgan fingerprint density at radius 1 is 1.10 bits per heavy atom. The Labute approximate surface area is 121 Å². The summed E-state index contributed by atoms with van der Waals surface area (Å²) < 4.78 is 5.47. The number of rotatable bonds is 2. The maximum atomic E-state index is 5.47. The first-order valence-electron chi connectivity index (χ1n) is 6.75. The standard InChI is InChI=1S/C15H13N5O/c1-10-18-19-15(21-10)20-8-12-7-16-14(17-13(12)9-20)11-5-3-2-4-6-11/h2-7H,8-9H2,1H3. The molecule has 0 atom stereocenters. The van der Waals surface area contributed by atoms with Gasteiger partial charge in [0.05, 0.1) is 18.8 Å². The molecular formula is C15H13N5O. The molecule has 0 saturated carbocycles. The van der Waals surface area contributed by atoms with Gasteiger partial charge in [0.2, 0.25) is 5.89 Å². The number of anilines is 1. The van der Waals surface area contributed by atoms with Gasteiger partial charge in [0.15, 0.2) is 5.82 Å². The highest BCUT2D eigenvalue weighted by Gasteiger charge is 2.25. The van der Waals surface area contributed by atoms with Crippen LogP contribution in [0, 0.1) is 6.92 Å². The second-order valence-electron chi connectivity index (χ2n) is 4.99. The average molecular weight is 279 g/mol. The van der Waals surface area contributed by atoms with Gasteiger partial charge in [-0.3, -0.25) is 0 Å². The minimum Gasteiger partial charge on any atom is -0.408 e. The molecule has 6 heteroatoms. The number of aryl methyl sites for hydroxylation is 1. The molecule has 104 valence electrons. The molecule has 0 bridgehead atoms. The van der Waals surface area contributed by atoms with Crippen molar-refractivity contribution in [3.63, 3.8) is 0 Å². The van der Waals surface area contributed by atoms with E-state index in [9.17, 15) is 0 Å². The quantitative estimate of drug-likeness (QED) is 0.717. The fourth-order valence-corrected chi connectivity index (χ4v) is 2.43. The summed E-state index contributed by atoms with van der Waals surface area (Å²) in [5, 5.41) is 7.92. The normalized spacial score (nSPS) is 13.5. The molecule has 4 rings (SSSR count). The van der Waals surface area contributed by atoms with Crippen LogP contribution in [0.25, 0.3) is 11.4 Å². The zero-order chi connectivity index (χ0) is 14.2. The van der Waals surface area contributed by atoms with Crippen molar-refractivity contribution < 1.29 is 4.42 Å². The lowest BCUT2D eigenvalue weighted by Crippen LogP contribution is -2.14. The zero-order valence-corrected chi connectivity index (χ0v) is 11.5. The van der Waals surface area contributed by atoms with E-state index in [1.54, 1.807) is 6.92 Å². The van der Waals surface area contributed by atoms with E-state index in [1.807, 2.05) is 41.4 Å². The second-order valence-corrected chi connectivity index (χ2v) is 4.99. The lowest BCUT2D eigenvalue weighted by molar-refractivity contribution is 0.505. The van der Waals surface area contributed by atoms with Gasteiger partial charge in [0.1, 0.15) is 0 Å². The highest BCUT2D eigenvalue weighted by atomic mass is 16.4. The van der Waals surface area contributed by atoms with Crippen LogP contribution in [0.4, 0.5) is 6.01 Å². The Kier molecular flexibility index (Phi) is 2.67. The molecule has 0 fully saturated rings. The summed E-state index contributed by atoms with van der Waals surface area (Å²) in [6, 6.07) is 10.5. The van der Waals surface area contributed by atoms with E-state index in [0.717, 1.165) is 22.6 Å². The van der Waals surface area contributed by atoms with Crippen molar-refractivity contribution in [2.75, 3.05) is 4.90 Å². The van der Waals surface area contributed by atoms with Crippen LogP contribution in [-0.2, 0) is 13.1 Å². The first kappa shape index (κ1) is 12.0. The van der Waals surface area contributed by atoms with Crippen LogP contribution in [0.2, 0.25) is 0 Å². The zero-order valence-electron chi connectivity index (χ0n) is 11.5. The highest BCUT2D eigenvalue weighted by molar-refractivity contribution is 5.55. The van der Waals surface area contributed by atoms with Crippen LogP contribution in [0.5, 0.6) is 0 Å². The average Bonchev–Trinajstić information content (AvgIpc) is 3.13. The Morgan fingerprint density at radius 2 is 1.95 bits per heavy atom. The fourth-order valence-electron chi connectivity index (χ4n) is 2.43. The van der Waals surface area contributed by atoms with Crippen molar-refractivity contribution in [2.45, 2.75) is 20.0 Å². The molecule has 1 aliphatic rings. The molecule has 0 spiro atoms. The topological polar surface area (TPSA) is 67.9 Å². The van der Waals surface area contributed by atoms with E-state index in [2.05, 4.69) is 20.2 Å². The van der Waals surface area contributed by atoms with Crippen molar-refractivity contribution in [1.82, 2.24) is 20.2 Å². The van der Waals surface area contributed by atoms with Crippen LogP contribution >= 0.6 is 0 Å². The Balaban J connectivity index is 1.65. The number of hydrogen-bond donors (Lipinski definition) is 0. The van der Waals surface area contributed by atoms with Crippen LogP contribution < -0.4 is 4.90 Å². The van der Waals surface area contributed by atoms with E-state index in [-0.39, 0.29) is 0 Å². The molecule has 21 heavy (non-hydrogen) atoms. The Hall–Kier alpha value is -2.76. The molecule has 3 heterocycles. The van der Waals surface area contributed by atoms with E-state index in [1.165, 1.54) is 0 Å². The molecule has 1 aliphatic heterocycles.